The zero-order valence-electron chi connectivity index (χ0n) is 15.9. The molecule has 0 radical (unpaired) electrons. The maximum Gasteiger partial charge on any atom is 0.256 e. The van der Waals surface area contributed by atoms with Crippen molar-refractivity contribution in [1.82, 2.24) is 0 Å². The van der Waals surface area contributed by atoms with Crippen molar-refractivity contribution < 1.29 is 14.3 Å². The van der Waals surface area contributed by atoms with Crippen molar-refractivity contribution in [2.24, 2.45) is 5.92 Å². The standard InChI is InChI=1S/C20H31NO3/c1-7-10-23-20(6,16-8-9-16)19(22)21-17-11-14(4)18(15(5)12-17)24-13(2)3/h11-13,16H,7-10H2,1-6H3,(H,21,22)/t20-/m0/s1. The van der Waals surface area contributed by atoms with E-state index in [0.717, 1.165) is 41.8 Å². The minimum Gasteiger partial charge on any atom is -0.490 e. The van der Waals surface area contributed by atoms with Gasteiger partial charge in [0.1, 0.15) is 11.4 Å². The topological polar surface area (TPSA) is 47.6 Å². The summed E-state index contributed by atoms with van der Waals surface area (Å²) in [6.07, 6.45) is 3.16. The van der Waals surface area contributed by atoms with Gasteiger partial charge in [-0.3, -0.25) is 4.79 Å². The van der Waals surface area contributed by atoms with Gasteiger partial charge in [0, 0.05) is 12.3 Å². The predicted octanol–water partition coefficient (Wildman–Crippen LogP) is 4.62. The maximum atomic E-state index is 12.8. The Morgan fingerprint density at radius 2 is 1.88 bits per heavy atom. The normalized spacial score (nSPS) is 16.8. The minimum absolute atomic E-state index is 0.0465. The Balaban J connectivity index is 2.16. The summed E-state index contributed by atoms with van der Waals surface area (Å²) in [6, 6.07) is 3.94. The molecule has 1 aromatic rings. The van der Waals surface area contributed by atoms with Gasteiger partial charge in [0.05, 0.1) is 6.10 Å². The molecule has 0 aliphatic heterocycles. The van der Waals surface area contributed by atoms with Gasteiger partial charge in [-0.25, -0.2) is 0 Å². The number of benzene rings is 1. The van der Waals surface area contributed by atoms with Crippen LogP contribution in [-0.2, 0) is 9.53 Å². The third-order valence-corrected chi connectivity index (χ3v) is 4.49. The van der Waals surface area contributed by atoms with Crippen LogP contribution < -0.4 is 10.1 Å². The number of aryl methyl sites for hydroxylation is 2. The molecule has 1 amide bonds. The molecular weight excluding hydrogens is 302 g/mol. The molecule has 4 nitrogen and oxygen atoms in total. The van der Waals surface area contributed by atoms with E-state index in [0.29, 0.717) is 12.5 Å². The van der Waals surface area contributed by atoms with Crippen LogP contribution in [0.3, 0.4) is 0 Å². The molecule has 1 N–H and O–H groups in total. The number of carbonyl (C=O) groups is 1. The number of rotatable bonds is 8. The molecule has 1 atom stereocenters. The van der Waals surface area contributed by atoms with Gasteiger partial charge in [-0.1, -0.05) is 6.92 Å². The molecule has 134 valence electrons. The number of carbonyl (C=O) groups excluding carboxylic acids is 1. The van der Waals surface area contributed by atoms with Gasteiger partial charge in [0.15, 0.2) is 0 Å². The second-order valence-corrected chi connectivity index (χ2v) is 7.29. The number of amides is 1. The van der Waals surface area contributed by atoms with Crippen LogP contribution in [0.25, 0.3) is 0 Å². The number of hydrogen-bond donors (Lipinski definition) is 1. The first-order chi connectivity index (χ1) is 11.3. The van der Waals surface area contributed by atoms with Crippen molar-refractivity contribution >= 4 is 11.6 Å². The number of hydrogen-bond acceptors (Lipinski definition) is 3. The van der Waals surface area contributed by atoms with E-state index >= 15 is 0 Å². The summed E-state index contributed by atoms with van der Waals surface area (Å²) in [5.74, 6) is 1.18. The van der Waals surface area contributed by atoms with E-state index in [1.165, 1.54) is 0 Å². The fraction of sp³-hybridized carbons (Fsp3) is 0.650. The summed E-state index contributed by atoms with van der Waals surface area (Å²) in [6.45, 7) is 12.6. The average Bonchev–Trinajstić information content (AvgIpc) is 3.33. The van der Waals surface area contributed by atoms with Gasteiger partial charge in [-0.2, -0.15) is 0 Å². The lowest BCUT2D eigenvalue weighted by Gasteiger charge is -2.29. The van der Waals surface area contributed by atoms with Crippen molar-refractivity contribution in [3.8, 4) is 5.75 Å². The Bertz CT molecular complexity index is 570. The quantitative estimate of drug-likeness (QED) is 0.755. The van der Waals surface area contributed by atoms with Crippen LogP contribution in [0.4, 0.5) is 5.69 Å². The zero-order valence-corrected chi connectivity index (χ0v) is 15.9. The highest BCUT2D eigenvalue weighted by Crippen LogP contribution is 2.42. The molecule has 1 aliphatic carbocycles. The van der Waals surface area contributed by atoms with Crippen molar-refractivity contribution in [2.75, 3.05) is 11.9 Å². The van der Waals surface area contributed by atoms with Gasteiger partial charge >= 0.3 is 0 Å². The van der Waals surface area contributed by atoms with Gasteiger partial charge in [-0.15, -0.1) is 0 Å². The maximum absolute atomic E-state index is 12.8. The number of nitrogens with one attached hydrogen (secondary N) is 1. The lowest BCUT2D eigenvalue weighted by atomic mass is 9.98. The molecule has 0 spiro atoms. The molecule has 24 heavy (non-hydrogen) atoms. The fourth-order valence-electron chi connectivity index (χ4n) is 3.02. The van der Waals surface area contributed by atoms with Crippen LogP contribution >= 0.6 is 0 Å². The molecule has 2 rings (SSSR count). The van der Waals surface area contributed by atoms with E-state index < -0.39 is 5.60 Å². The van der Waals surface area contributed by atoms with Gasteiger partial charge in [0.25, 0.3) is 5.91 Å². The van der Waals surface area contributed by atoms with Crippen molar-refractivity contribution in [3.05, 3.63) is 23.3 Å². The fourth-order valence-corrected chi connectivity index (χ4v) is 3.02. The third-order valence-electron chi connectivity index (χ3n) is 4.49. The molecule has 1 saturated carbocycles. The molecule has 0 saturated heterocycles. The molecule has 1 aliphatic rings. The lowest BCUT2D eigenvalue weighted by molar-refractivity contribution is -0.142. The first-order valence-corrected chi connectivity index (χ1v) is 9.01. The van der Waals surface area contributed by atoms with Crippen LogP contribution in [0.1, 0.15) is 58.1 Å². The lowest BCUT2D eigenvalue weighted by Crippen LogP contribution is -2.45. The molecule has 0 bridgehead atoms. The second-order valence-electron chi connectivity index (χ2n) is 7.29. The Kier molecular flexibility index (Phi) is 5.92. The Morgan fingerprint density at radius 3 is 2.33 bits per heavy atom. The van der Waals surface area contributed by atoms with E-state index in [9.17, 15) is 4.79 Å². The molecule has 0 unspecified atom stereocenters. The summed E-state index contributed by atoms with van der Waals surface area (Å²) in [5, 5.41) is 3.06. The Labute approximate surface area is 145 Å². The van der Waals surface area contributed by atoms with E-state index in [-0.39, 0.29) is 12.0 Å². The molecule has 4 heteroatoms. The summed E-state index contributed by atoms with van der Waals surface area (Å²) >= 11 is 0. The van der Waals surface area contributed by atoms with Gasteiger partial charge in [-0.05, 0) is 83.1 Å². The van der Waals surface area contributed by atoms with Crippen LogP contribution in [0.2, 0.25) is 0 Å². The van der Waals surface area contributed by atoms with Gasteiger partial charge < -0.3 is 14.8 Å². The zero-order chi connectivity index (χ0) is 17.9. The highest BCUT2D eigenvalue weighted by Gasteiger charge is 2.48. The van der Waals surface area contributed by atoms with Crippen LogP contribution in [0, 0.1) is 19.8 Å². The molecule has 1 aromatic carbocycles. The Hall–Kier alpha value is -1.55. The highest BCUT2D eigenvalue weighted by molar-refractivity contribution is 5.97. The smallest absolute Gasteiger partial charge is 0.256 e. The molecule has 0 aromatic heterocycles. The summed E-state index contributed by atoms with van der Waals surface area (Å²) in [7, 11) is 0. The summed E-state index contributed by atoms with van der Waals surface area (Å²) < 4.78 is 11.8. The van der Waals surface area contributed by atoms with Crippen LogP contribution in [0.15, 0.2) is 12.1 Å². The third kappa shape index (κ3) is 4.29. The second kappa shape index (κ2) is 7.56. The van der Waals surface area contributed by atoms with Crippen LogP contribution in [-0.4, -0.2) is 24.2 Å². The number of ether oxygens (including phenoxy) is 2. The first-order valence-electron chi connectivity index (χ1n) is 9.01. The van der Waals surface area contributed by atoms with E-state index in [1.807, 2.05) is 46.8 Å². The molecule has 1 fully saturated rings. The number of anilines is 1. The molecule has 0 heterocycles. The average molecular weight is 333 g/mol. The summed E-state index contributed by atoms with van der Waals surface area (Å²) in [5.41, 5.74) is 2.13. The van der Waals surface area contributed by atoms with Crippen molar-refractivity contribution in [3.63, 3.8) is 0 Å². The summed E-state index contributed by atoms with van der Waals surface area (Å²) in [4.78, 5) is 12.8. The minimum atomic E-state index is -0.731. The van der Waals surface area contributed by atoms with Gasteiger partial charge in [0.2, 0.25) is 0 Å². The van der Waals surface area contributed by atoms with E-state index in [2.05, 4.69) is 12.2 Å². The van der Waals surface area contributed by atoms with Crippen LogP contribution in [0.5, 0.6) is 5.75 Å². The highest BCUT2D eigenvalue weighted by atomic mass is 16.5. The molecular formula is C20H31NO3. The SMILES string of the molecule is CCCO[C@](C)(C(=O)Nc1cc(C)c(OC(C)C)c(C)c1)C1CC1. The Morgan fingerprint density at radius 1 is 1.29 bits per heavy atom. The van der Waals surface area contributed by atoms with Crippen molar-refractivity contribution in [1.29, 1.82) is 0 Å². The first kappa shape index (κ1) is 18.8. The van der Waals surface area contributed by atoms with E-state index in [1.54, 1.807) is 0 Å². The largest absolute Gasteiger partial charge is 0.490 e. The predicted molar refractivity (Wildman–Crippen MR) is 97.7 cm³/mol. The van der Waals surface area contributed by atoms with Crippen molar-refractivity contribution in [2.45, 2.75) is 72.5 Å². The monoisotopic (exact) mass is 333 g/mol. The van der Waals surface area contributed by atoms with E-state index in [4.69, 9.17) is 9.47 Å².